The zero-order valence-corrected chi connectivity index (χ0v) is 11.2. The Bertz CT molecular complexity index is 592. The Morgan fingerprint density at radius 2 is 2.05 bits per heavy atom. The standard InChI is InChI=1S/C14H14N2O2S/c17-16(18)13-3-1-11(2-4-13)9-15-7-5-14-12(10-15)6-8-19-14/h1-4,6,8H,5,7,9-10H2. The number of hydrogen-bond acceptors (Lipinski definition) is 4. The molecule has 5 heteroatoms. The maximum Gasteiger partial charge on any atom is 0.269 e. The Balaban J connectivity index is 1.68. The number of nitro groups is 1. The normalized spacial score (nSPS) is 15.2. The number of hydrogen-bond donors (Lipinski definition) is 0. The van der Waals surface area contributed by atoms with Crippen LogP contribution in [0.1, 0.15) is 16.0 Å². The van der Waals surface area contributed by atoms with Crippen LogP contribution in [0.25, 0.3) is 0 Å². The number of rotatable bonds is 3. The van der Waals surface area contributed by atoms with Gasteiger partial charge in [-0.05, 0) is 29.0 Å². The van der Waals surface area contributed by atoms with Crippen molar-refractivity contribution in [1.29, 1.82) is 0 Å². The summed E-state index contributed by atoms with van der Waals surface area (Å²) in [6, 6.07) is 9.05. The fraction of sp³-hybridized carbons (Fsp3) is 0.286. The van der Waals surface area contributed by atoms with E-state index in [1.165, 1.54) is 10.4 Å². The lowest BCUT2D eigenvalue weighted by Crippen LogP contribution is -2.29. The van der Waals surface area contributed by atoms with Crippen molar-refractivity contribution >= 4 is 17.0 Å². The molecule has 98 valence electrons. The molecule has 0 aliphatic carbocycles. The quantitative estimate of drug-likeness (QED) is 0.637. The van der Waals surface area contributed by atoms with Crippen molar-refractivity contribution in [3.8, 4) is 0 Å². The van der Waals surface area contributed by atoms with Gasteiger partial charge >= 0.3 is 0 Å². The molecular weight excluding hydrogens is 260 g/mol. The summed E-state index contributed by atoms with van der Waals surface area (Å²) in [7, 11) is 0. The summed E-state index contributed by atoms with van der Waals surface area (Å²) in [5.41, 5.74) is 2.71. The minimum Gasteiger partial charge on any atom is -0.294 e. The second-order valence-corrected chi connectivity index (χ2v) is 5.75. The molecule has 4 nitrogen and oxygen atoms in total. The van der Waals surface area contributed by atoms with Gasteiger partial charge < -0.3 is 0 Å². The summed E-state index contributed by atoms with van der Waals surface area (Å²) < 4.78 is 0. The second-order valence-electron chi connectivity index (χ2n) is 4.75. The fourth-order valence-corrected chi connectivity index (χ4v) is 3.31. The SMILES string of the molecule is O=[N+]([O-])c1ccc(CN2CCc3sccc3C2)cc1. The van der Waals surface area contributed by atoms with Crippen LogP contribution in [0.15, 0.2) is 35.7 Å². The summed E-state index contributed by atoms with van der Waals surface area (Å²) in [6.45, 7) is 2.90. The summed E-state index contributed by atoms with van der Waals surface area (Å²) in [6.07, 6.45) is 1.11. The Morgan fingerprint density at radius 1 is 1.26 bits per heavy atom. The molecule has 0 bridgehead atoms. The molecule has 1 aromatic carbocycles. The van der Waals surface area contributed by atoms with Crippen molar-refractivity contribution in [2.24, 2.45) is 0 Å². The molecule has 0 saturated heterocycles. The fourth-order valence-electron chi connectivity index (χ4n) is 2.42. The molecule has 1 aromatic heterocycles. The number of thiophene rings is 1. The van der Waals surface area contributed by atoms with Crippen molar-refractivity contribution in [1.82, 2.24) is 4.90 Å². The lowest BCUT2D eigenvalue weighted by molar-refractivity contribution is -0.384. The molecule has 1 aliphatic heterocycles. The predicted octanol–water partition coefficient (Wildman–Crippen LogP) is 3.21. The summed E-state index contributed by atoms with van der Waals surface area (Å²) in [5, 5.41) is 12.8. The predicted molar refractivity (Wildman–Crippen MR) is 75.2 cm³/mol. The van der Waals surface area contributed by atoms with Gasteiger partial charge in [0.05, 0.1) is 4.92 Å². The molecule has 2 heterocycles. The zero-order valence-electron chi connectivity index (χ0n) is 10.4. The third kappa shape index (κ3) is 2.67. The van der Waals surface area contributed by atoms with Gasteiger partial charge in [0.15, 0.2) is 0 Å². The average molecular weight is 274 g/mol. The first-order valence-corrected chi connectivity index (χ1v) is 7.11. The first-order chi connectivity index (χ1) is 9.22. The molecule has 3 rings (SSSR count). The van der Waals surface area contributed by atoms with E-state index in [2.05, 4.69) is 16.3 Å². The van der Waals surface area contributed by atoms with Crippen LogP contribution in [0.3, 0.4) is 0 Å². The van der Waals surface area contributed by atoms with Crippen molar-refractivity contribution < 1.29 is 4.92 Å². The van der Waals surface area contributed by atoms with E-state index in [1.54, 1.807) is 12.1 Å². The molecular formula is C14H14N2O2S. The number of nitro benzene ring substituents is 1. The van der Waals surface area contributed by atoms with E-state index in [1.807, 2.05) is 23.5 Å². The lowest BCUT2D eigenvalue weighted by Gasteiger charge is -2.26. The summed E-state index contributed by atoms with van der Waals surface area (Å²) in [4.78, 5) is 14.1. The van der Waals surface area contributed by atoms with Gasteiger partial charge in [-0.15, -0.1) is 11.3 Å². The van der Waals surface area contributed by atoms with Crippen LogP contribution in [0.2, 0.25) is 0 Å². The molecule has 0 radical (unpaired) electrons. The Morgan fingerprint density at radius 3 is 2.79 bits per heavy atom. The van der Waals surface area contributed by atoms with Crippen LogP contribution in [0, 0.1) is 10.1 Å². The van der Waals surface area contributed by atoms with E-state index < -0.39 is 0 Å². The average Bonchev–Trinajstić information content (AvgIpc) is 2.87. The van der Waals surface area contributed by atoms with Crippen LogP contribution in [-0.4, -0.2) is 16.4 Å². The number of nitrogens with zero attached hydrogens (tertiary/aromatic N) is 2. The van der Waals surface area contributed by atoms with Crippen molar-refractivity contribution in [3.05, 3.63) is 61.8 Å². The van der Waals surface area contributed by atoms with Crippen molar-refractivity contribution in [3.63, 3.8) is 0 Å². The number of non-ortho nitro benzene ring substituents is 1. The van der Waals surface area contributed by atoms with Gasteiger partial charge in [0, 0.05) is 36.6 Å². The van der Waals surface area contributed by atoms with E-state index in [9.17, 15) is 10.1 Å². The minimum atomic E-state index is -0.359. The zero-order chi connectivity index (χ0) is 13.2. The van der Waals surface area contributed by atoms with Crippen molar-refractivity contribution in [2.45, 2.75) is 19.5 Å². The van der Waals surface area contributed by atoms with Gasteiger partial charge in [-0.2, -0.15) is 0 Å². The molecule has 19 heavy (non-hydrogen) atoms. The highest BCUT2D eigenvalue weighted by Crippen LogP contribution is 2.25. The highest BCUT2D eigenvalue weighted by atomic mass is 32.1. The highest BCUT2D eigenvalue weighted by molar-refractivity contribution is 7.10. The first kappa shape index (κ1) is 12.3. The van der Waals surface area contributed by atoms with Crippen LogP contribution < -0.4 is 0 Å². The third-order valence-corrected chi connectivity index (χ3v) is 4.46. The van der Waals surface area contributed by atoms with E-state index in [0.29, 0.717) is 0 Å². The van der Waals surface area contributed by atoms with Gasteiger partial charge in [0.1, 0.15) is 0 Å². The molecule has 0 spiro atoms. The smallest absolute Gasteiger partial charge is 0.269 e. The topological polar surface area (TPSA) is 46.4 Å². The molecule has 0 N–H and O–H groups in total. The Kier molecular flexibility index (Phi) is 3.31. The monoisotopic (exact) mass is 274 g/mol. The van der Waals surface area contributed by atoms with Gasteiger partial charge in [0.25, 0.3) is 5.69 Å². The summed E-state index contributed by atoms with van der Waals surface area (Å²) >= 11 is 1.84. The van der Waals surface area contributed by atoms with Gasteiger partial charge in [0.2, 0.25) is 0 Å². The lowest BCUT2D eigenvalue weighted by atomic mass is 10.1. The molecule has 0 amide bonds. The second kappa shape index (κ2) is 5.11. The Labute approximate surface area is 115 Å². The van der Waals surface area contributed by atoms with E-state index >= 15 is 0 Å². The molecule has 0 saturated carbocycles. The van der Waals surface area contributed by atoms with Gasteiger partial charge in [-0.3, -0.25) is 15.0 Å². The summed E-state index contributed by atoms with van der Waals surface area (Å²) in [5.74, 6) is 0. The number of fused-ring (bicyclic) bond motifs is 1. The van der Waals surface area contributed by atoms with Crippen LogP contribution >= 0.6 is 11.3 Å². The molecule has 0 unspecified atom stereocenters. The van der Waals surface area contributed by atoms with E-state index in [0.717, 1.165) is 31.6 Å². The van der Waals surface area contributed by atoms with Crippen LogP contribution in [0.5, 0.6) is 0 Å². The maximum atomic E-state index is 10.6. The Hall–Kier alpha value is -1.72. The van der Waals surface area contributed by atoms with Gasteiger partial charge in [-0.1, -0.05) is 12.1 Å². The van der Waals surface area contributed by atoms with Crippen LogP contribution in [-0.2, 0) is 19.5 Å². The maximum absolute atomic E-state index is 10.6. The first-order valence-electron chi connectivity index (χ1n) is 6.23. The number of benzene rings is 1. The third-order valence-electron chi connectivity index (χ3n) is 3.44. The minimum absolute atomic E-state index is 0.155. The largest absolute Gasteiger partial charge is 0.294 e. The van der Waals surface area contributed by atoms with Crippen LogP contribution in [0.4, 0.5) is 5.69 Å². The molecule has 0 atom stereocenters. The molecule has 1 aliphatic rings. The highest BCUT2D eigenvalue weighted by Gasteiger charge is 2.17. The molecule has 2 aromatic rings. The van der Waals surface area contributed by atoms with Crippen molar-refractivity contribution in [2.75, 3.05) is 6.54 Å². The molecule has 0 fully saturated rings. The van der Waals surface area contributed by atoms with Gasteiger partial charge in [-0.25, -0.2) is 0 Å². The van der Waals surface area contributed by atoms with E-state index in [-0.39, 0.29) is 10.6 Å². The van der Waals surface area contributed by atoms with E-state index in [4.69, 9.17) is 0 Å².